The van der Waals surface area contributed by atoms with E-state index in [1.165, 1.54) is 0 Å². The molecule has 0 aromatic carbocycles. The van der Waals surface area contributed by atoms with E-state index in [-0.39, 0.29) is 24.2 Å². The van der Waals surface area contributed by atoms with Crippen molar-refractivity contribution in [2.45, 2.75) is 32.4 Å². The topological polar surface area (TPSA) is 98.8 Å². The average molecular weight is 350 g/mol. The van der Waals surface area contributed by atoms with Gasteiger partial charge in [-0.2, -0.15) is 4.98 Å². The molecule has 0 radical (unpaired) electrons. The minimum Gasteiger partial charge on any atom is -0.390 e. The lowest BCUT2D eigenvalue weighted by Gasteiger charge is -2.33. The van der Waals surface area contributed by atoms with E-state index in [4.69, 9.17) is 4.74 Å². The van der Waals surface area contributed by atoms with Gasteiger partial charge in [0.15, 0.2) is 0 Å². The normalized spacial score (nSPS) is 24.9. The molecule has 8 nitrogen and oxygen atoms in total. The average Bonchev–Trinajstić information content (AvgIpc) is 2.95. The third-order valence-electron chi connectivity index (χ3n) is 4.71. The molecule has 0 saturated carbocycles. The van der Waals surface area contributed by atoms with Crippen LogP contribution in [0.5, 0.6) is 0 Å². The maximum absolute atomic E-state index is 12.8. The van der Waals surface area contributed by atoms with E-state index < -0.39 is 11.8 Å². The van der Waals surface area contributed by atoms with Gasteiger partial charge in [0.1, 0.15) is 5.69 Å². The highest BCUT2D eigenvalue weighted by Gasteiger charge is 2.38. The van der Waals surface area contributed by atoms with Crippen LogP contribution in [0.3, 0.4) is 0 Å². The molecule has 3 heterocycles. The van der Waals surface area contributed by atoms with E-state index >= 15 is 0 Å². The van der Waals surface area contributed by atoms with Gasteiger partial charge in [0.05, 0.1) is 25.4 Å². The molecule has 2 aliphatic rings. The molecular weight excluding hydrogens is 324 g/mol. The zero-order valence-electron chi connectivity index (χ0n) is 14.8. The largest absolute Gasteiger partial charge is 0.390 e. The number of hydrogen-bond donors (Lipinski definition) is 2. The van der Waals surface area contributed by atoms with Crippen LogP contribution in [0.1, 0.15) is 30.0 Å². The summed E-state index contributed by atoms with van der Waals surface area (Å²) in [5, 5.41) is 10.4. The van der Waals surface area contributed by atoms with Crippen molar-refractivity contribution >= 4 is 5.91 Å². The van der Waals surface area contributed by atoms with Gasteiger partial charge in [-0.25, -0.2) is 4.79 Å². The van der Waals surface area contributed by atoms with Crippen molar-refractivity contribution in [3.8, 4) is 0 Å². The molecule has 2 aliphatic heterocycles. The summed E-state index contributed by atoms with van der Waals surface area (Å²) in [4.78, 5) is 34.8. The van der Waals surface area contributed by atoms with Crippen LogP contribution in [-0.2, 0) is 11.2 Å². The summed E-state index contributed by atoms with van der Waals surface area (Å²) in [6, 6.07) is 1.56. The predicted molar refractivity (Wildman–Crippen MR) is 91.5 cm³/mol. The fourth-order valence-electron chi connectivity index (χ4n) is 3.53. The Morgan fingerprint density at radius 1 is 1.40 bits per heavy atom. The summed E-state index contributed by atoms with van der Waals surface area (Å²) in [7, 11) is 0. The number of hydrogen-bond acceptors (Lipinski definition) is 6. The fraction of sp³-hybridized carbons (Fsp3) is 0.706. The number of aliphatic hydroxyl groups excluding tert-OH is 1. The van der Waals surface area contributed by atoms with Crippen LogP contribution in [0.2, 0.25) is 0 Å². The smallest absolute Gasteiger partial charge is 0.345 e. The van der Waals surface area contributed by atoms with E-state index in [1.54, 1.807) is 11.0 Å². The zero-order chi connectivity index (χ0) is 18.0. The molecule has 3 rings (SSSR count). The standard InChI is InChI=1S/C17H26N4O4/c1-11(2)7-12-8-13(19-17(24)18-12)16(23)21-9-14(15(22)10-21)20-3-5-25-6-4-20/h8,11,14-15,22H,3-7,9-10H2,1-2H3,(H,18,19,24)/t14-,15-/m0/s1. The van der Waals surface area contributed by atoms with Crippen LogP contribution < -0.4 is 5.69 Å². The molecule has 0 unspecified atom stereocenters. The third kappa shape index (κ3) is 4.26. The van der Waals surface area contributed by atoms with Gasteiger partial charge in [0, 0.05) is 31.9 Å². The summed E-state index contributed by atoms with van der Waals surface area (Å²) < 4.78 is 5.34. The fourth-order valence-corrected chi connectivity index (χ4v) is 3.53. The lowest BCUT2D eigenvalue weighted by atomic mass is 10.1. The second-order valence-corrected chi connectivity index (χ2v) is 7.19. The van der Waals surface area contributed by atoms with Crippen molar-refractivity contribution in [2.75, 3.05) is 39.4 Å². The number of aliphatic hydroxyl groups is 1. The Labute approximate surface area is 146 Å². The van der Waals surface area contributed by atoms with Crippen molar-refractivity contribution in [1.29, 1.82) is 0 Å². The Morgan fingerprint density at radius 2 is 2.12 bits per heavy atom. The van der Waals surface area contributed by atoms with Gasteiger partial charge < -0.3 is 19.7 Å². The van der Waals surface area contributed by atoms with Crippen LogP contribution in [0.25, 0.3) is 0 Å². The maximum Gasteiger partial charge on any atom is 0.345 e. The van der Waals surface area contributed by atoms with E-state index in [0.29, 0.717) is 37.8 Å². The molecule has 0 spiro atoms. The van der Waals surface area contributed by atoms with Gasteiger partial charge in [0.25, 0.3) is 5.91 Å². The van der Waals surface area contributed by atoms with Crippen LogP contribution in [-0.4, -0.2) is 82.3 Å². The van der Waals surface area contributed by atoms with Gasteiger partial charge in [-0.05, 0) is 18.4 Å². The van der Waals surface area contributed by atoms with Crippen molar-refractivity contribution < 1.29 is 14.6 Å². The second kappa shape index (κ2) is 7.63. The number of nitrogens with zero attached hydrogens (tertiary/aromatic N) is 3. The summed E-state index contributed by atoms with van der Waals surface area (Å²) in [6.45, 7) is 7.59. The number of aromatic nitrogens is 2. The minimum atomic E-state index is -0.598. The maximum atomic E-state index is 12.8. The number of aromatic amines is 1. The number of likely N-dealkylation sites (tertiary alicyclic amines) is 1. The number of amides is 1. The van der Waals surface area contributed by atoms with E-state index in [1.807, 2.05) is 13.8 Å². The molecule has 0 aliphatic carbocycles. The number of rotatable bonds is 4. The molecule has 0 bridgehead atoms. The quantitative estimate of drug-likeness (QED) is 0.759. The number of carbonyl (C=O) groups is 1. The van der Waals surface area contributed by atoms with Crippen LogP contribution in [0.4, 0.5) is 0 Å². The lowest BCUT2D eigenvalue weighted by Crippen LogP contribution is -2.49. The summed E-state index contributed by atoms with van der Waals surface area (Å²) in [6.07, 6.45) is 0.0797. The number of H-pyrrole nitrogens is 1. The van der Waals surface area contributed by atoms with Crippen LogP contribution >= 0.6 is 0 Å². The Hall–Kier alpha value is -1.77. The summed E-state index contributed by atoms with van der Waals surface area (Å²) in [5.74, 6) is 0.0613. The first-order chi connectivity index (χ1) is 11.9. The minimum absolute atomic E-state index is 0.0926. The molecule has 2 fully saturated rings. The van der Waals surface area contributed by atoms with Gasteiger partial charge >= 0.3 is 5.69 Å². The molecule has 2 atom stereocenters. The van der Waals surface area contributed by atoms with Gasteiger partial charge in [0.2, 0.25) is 0 Å². The molecule has 8 heteroatoms. The summed E-state index contributed by atoms with van der Waals surface area (Å²) >= 11 is 0. The number of β-amino-alcohol motifs (C(OH)–C–C–N with tert-alkyl or cyclic N) is 1. The number of nitrogens with one attached hydrogen (secondary N) is 1. The Morgan fingerprint density at radius 3 is 2.80 bits per heavy atom. The molecule has 1 aromatic heterocycles. The highest BCUT2D eigenvalue weighted by atomic mass is 16.5. The highest BCUT2D eigenvalue weighted by molar-refractivity contribution is 5.92. The molecule has 1 aromatic rings. The van der Waals surface area contributed by atoms with E-state index in [9.17, 15) is 14.7 Å². The monoisotopic (exact) mass is 350 g/mol. The molecule has 1 amide bonds. The van der Waals surface area contributed by atoms with Crippen LogP contribution in [0.15, 0.2) is 10.9 Å². The Kier molecular flexibility index (Phi) is 5.51. The number of carbonyl (C=O) groups excluding carboxylic acids is 1. The summed E-state index contributed by atoms with van der Waals surface area (Å²) in [5.41, 5.74) is 0.350. The first-order valence-corrected chi connectivity index (χ1v) is 8.83. The van der Waals surface area contributed by atoms with E-state index in [0.717, 1.165) is 13.1 Å². The molecule has 2 N–H and O–H groups in total. The zero-order valence-corrected chi connectivity index (χ0v) is 14.8. The van der Waals surface area contributed by atoms with Crippen molar-refractivity contribution in [2.24, 2.45) is 5.92 Å². The molecule has 25 heavy (non-hydrogen) atoms. The highest BCUT2D eigenvalue weighted by Crippen LogP contribution is 2.19. The third-order valence-corrected chi connectivity index (χ3v) is 4.71. The van der Waals surface area contributed by atoms with Crippen molar-refractivity contribution in [3.05, 3.63) is 27.9 Å². The van der Waals surface area contributed by atoms with Gasteiger partial charge in [-0.1, -0.05) is 13.8 Å². The number of ether oxygens (including phenoxy) is 1. The van der Waals surface area contributed by atoms with Crippen LogP contribution in [0, 0.1) is 5.92 Å². The van der Waals surface area contributed by atoms with Gasteiger partial charge in [-0.3, -0.25) is 9.69 Å². The molecular formula is C17H26N4O4. The lowest BCUT2D eigenvalue weighted by molar-refractivity contribution is -0.00611. The Bertz CT molecular complexity index is 669. The SMILES string of the molecule is CC(C)Cc1cc(C(=O)N2C[C@H](O)[C@@H](N3CCOCC3)C2)nc(=O)[nH]1. The second-order valence-electron chi connectivity index (χ2n) is 7.19. The first-order valence-electron chi connectivity index (χ1n) is 8.83. The molecule has 2 saturated heterocycles. The van der Waals surface area contributed by atoms with Gasteiger partial charge in [-0.15, -0.1) is 0 Å². The Balaban J connectivity index is 1.73. The van der Waals surface area contributed by atoms with Crippen molar-refractivity contribution in [1.82, 2.24) is 19.8 Å². The number of morpholine rings is 1. The molecule has 138 valence electrons. The predicted octanol–water partition coefficient (Wildman–Crippen LogP) is -0.514. The van der Waals surface area contributed by atoms with Crippen molar-refractivity contribution in [3.63, 3.8) is 0 Å². The first kappa shape index (κ1) is 18.0. The van der Waals surface area contributed by atoms with E-state index in [2.05, 4.69) is 14.9 Å².